The molecule has 49 heavy (non-hydrogen) atoms. The van der Waals surface area contributed by atoms with Gasteiger partial charge in [-0.1, -0.05) is 30.3 Å². The standard InChI is InChI=1S/C31H25F9N2O6S/c32-21-8-10-22(11-9-21)49(46,47)28(12-13-41(17-28)27(45)42-14-18(15-42)26(43)44)19-4-6-20(7-5-19)29(30(35,36)37,31(38,39)40)48-16-23-24(33)2-1-3-25(23)34/h1-11,18H,12-17H2,(H,43,44). The second kappa shape index (κ2) is 12.5. The van der Waals surface area contributed by atoms with E-state index < -0.39 is 104 Å². The van der Waals surface area contributed by atoms with Crippen molar-refractivity contribution < 1.29 is 67.4 Å². The fraction of sp³-hybridized carbons (Fsp3) is 0.355. The van der Waals surface area contributed by atoms with E-state index in [1.807, 2.05) is 0 Å². The quantitative estimate of drug-likeness (QED) is 0.221. The van der Waals surface area contributed by atoms with Gasteiger partial charge in [0, 0.05) is 37.3 Å². The minimum absolute atomic E-state index is 0.176. The number of carbonyl (C=O) groups excluding carboxylic acids is 1. The van der Waals surface area contributed by atoms with Crippen molar-refractivity contribution in [3.05, 3.63) is 101 Å². The third-order valence-corrected chi connectivity index (χ3v) is 11.2. The molecule has 3 aromatic rings. The summed E-state index contributed by atoms with van der Waals surface area (Å²) < 4.78 is 159. The zero-order chi connectivity index (χ0) is 36.2. The van der Waals surface area contributed by atoms with Gasteiger partial charge in [-0.05, 0) is 48.4 Å². The molecule has 0 bridgehead atoms. The van der Waals surface area contributed by atoms with Crippen molar-refractivity contribution >= 4 is 21.8 Å². The zero-order valence-electron chi connectivity index (χ0n) is 24.9. The van der Waals surface area contributed by atoms with Crippen LogP contribution >= 0.6 is 0 Å². The van der Waals surface area contributed by atoms with Gasteiger partial charge in [-0.15, -0.1) is 0 Å². The summed E-state index contributed by atoms with van der Waals surface area (Å²) in [5.74, 6) is -5.74. The van der Waals surface area contributed by atoms with Crippen molar-refractivity contribution in [1.82, 2.24) is 9.80 Å². The molecule has 1 unspecified atom stereocenters. The van der Waals surface area contributed by atoms with E-state index in [0.29, 0.717) is 36.4 Å². The van der Waals surface area contributed by atoms with Crippen molar-refractivity contribution in [3.8, 4) is 0 Å². The molecule has 0 aromatic heterocycles. The predicted molar refractivity (Wildman–Crippen MR) is 151 cm³/mol. The predicted octanol–water partition coefficient (Wildman–Crippen LogP) is 6.15. The van der Waals surface area contributed by atoms with Gasteiger partial charge in [0.1, 0.15) is 22.2 Å². The lowest BCUT2D eigenvalue weighted by molar-refractivity contribution is -0.392. The molecule has 2 aliphatic rings. The molecule has 0 saturated carbocycles. The Labute approximate surface area is 272 Å². The van der Waals surface area contributed by atoms with Crippen molar-refractivity contribution in [2.45, 2.75) is 40.6 Å². The van der Waals surface area contributed by atoms with Crippen LogP contribution in [0.1, 0.15) is 23.1 Å². The first-order chi connectivity index (χ1) is 22.7. The molecule has 264 valence electrons. The Hall–Kier alpha value is -4.32. The molecule has 0 spiro atoms. The van der Waals surface area contributed by atoms with E-state index in [0.717, 1.165) is 40.1 Å². The number of urea groups is 1. The average molecular weight is 725 g/mol. The Morgan fingerprint density at radius 3 is 1.90 bits per heavy atom. The van der Waals surface area contributed by atoms with Crippen LogP contribution in [0.4, 0.5) is 44.3 Å². The van der Waals surface area contributed by atoms with Crippen LogP contribution in [0.3, 0.4) is 0 Å². The second-order valence-electron chi connectivity index (χ2n) is 11.6. The molecule has 18 heteroatoms. The van der Waals surface area contributed by atoms with Gasteiger partial charge in [-0.2, -0.15) is 26.3 Å². The van der Waals surface area contributed by atoms with E-state index in [4.69, 9.17) is 5.11 Å². The lowest BCUT2D eigenvalue weighted by Gasteiger charge is -2.39. The third kappa shape index (κ3) is 6.08. The average Bonchev–Trinajstić information content (AvgIpc) is 3.44. The maximum absolute atomic E-state index is 14.5. The number of carboxylic acid groups (broad SMARTS) is 1. The maximum atomic E-state index is 14.5. The number of alkyl halides is 6. The van der Waals surface area contributed by atoms with Gasteiger partial charge in [0.25, 0.3) is 5.60 Å². The molecule has 2 fully saturated rings. The van der Waals surface area contributed by atoms with Crippen molar-refractivity contribution in [3.63, 3.8) is 0 Å². The van der Waals surface area contributed by atoms with Gasteiger partial charge in [0.2, 0.25) is 0 Å². The van der Waals surface area contributed by atoms with E-state index in [9.17, 15) is 57.5 Å². The van der Waals surface area contributed by atoms with Gasteiger partial charge in [-0.25, -0.2) is 26.4 Å². The summed E-state index contributed by atoms with van der Waals surface area (Å²) >= 11 is 0. The first kappa shape index (κ1) is 36.0. The third-order valence-electron chi connectivity index (χ3n) is 8.75. The lowest BCUT2D eigenvalue weighted by atomic mass is 9.88. The van der Waals surface area contributed by atoms with Crippen molar-refractivity contribution in [1.29, 1.82) is 0 Å². The number of amides is 2. The summed E-state index contributed by atoms with van der Waals surface area (Å²) in [7, 11) is -4.67. The van der Waals surface area contributed by atoms with Crippen molar-refractivity contribution in [2.24, 2.45) is 5.92 Å². The SMILES string of the molecule is O=C(O)C1CN(C(=O)N2CCC(c3ccc(C(OCc4c(F)cccc4F)(C(F)(F)F)C(F)(F)F)cc3)(S(=O)(=O)c3ccc(F)cc3)C2)C1. The maximum Gasteiger partial charge on any atom is 0.430 e. The number of likely N-dealkylation sites (tertiary alicyclic amines) is 2. The minimum Gasteiger partial charge on any atom is -0.481 e. The number of nitrogens with zero attached hydrogens (tertiary/aromatic N) is 2. The van der Waals surface area contributed by atoms with Crippen LogP contribution in [0.2, 0.25) is 0 Å². The van der Waals surface area contributed by atoms with E-state index in [2.05, 4.69) is 4.74 Å². The van der Waals surface area contributed by atoms with E-state index in [-0.39, 0.29) is 25.2 Å². The van der Waals surface area contributed by atoms with Crippen LogP contribution in [-0.2, 0) is 36.3 Å². The second-order valence-corrected chi connectivity index (χ2v) is 13.8. The van der Waals surface area contributed by atoms with Gasteiger partial charge < -0.3 is 19.6 Å². The Bertz CT molecular complexity index is 1810. The molecule has 0 aliphatic carbocycles. The number of aliphatic carboxylic acids is 1. The van der Waals surface area contributed by atoms with Crippen LogP contribution in [0.25, 0.3) is 0 Å². The first-order valence-corrected chi connectivity index (χ1v) is 15.8. The number of hydrogen-bond acceptors (Lipinski definition) is 5. The molecule has 1 N–H and O–H groups in total. The molecule has 2 aliphatic heterocycles. The summed E-state index contributed by atoms with van der Waals surface area (Å²) in [4.78, 5) is 26.1. The number of sulfone groups is 1. The first-order valence-electron chi connectivity index (χ1n) is 14.3. The molecule has 2 saturated heterocycles. The Morgan fingerprint density at radius 2 is 1.39 bits per heavy atom. The number of benzene rings is 3. The van der Waals surface area contributed by atoms with Crippen LogP contribution in [0.5, 0.6) is 0 Å². The lowest BCUT2D eigenvalue weighted by Crippen LogP contribution is -2.57. The van der Waals surface area contributed by atoms with Crippen LogP contribution in [0, 0.1) is 23.4 Å². The highest BCUT2D eigenvalue weighted by molar-refractivity contribution is 7.92. The number of halogens is 9. The van der Waals surface area contributed by atoms with Crippen molar-refractivity contribution in [2.75, 3.05) is 26.2 Å². The number of carbonyl (C=O) groups is 2. The zero-order valence-corrected chi connectivity index (χ0v) is 25.7. The topological polar surface area (TPSA) is 104 Å². The van der Waals surface area contributed by atoms with E-state index in [1.54, 1.807) is 0 Å². The fourth-order valence-electron chi connectivity index (χ4n) is 5.98. The minimum atomic E-state index is -6.26. The Balaban J connectivity index is 1.58. The molecular weight excluding hydrogens is 699 g/mol. The fourth-order valence-corrected chi connectivity index (χ4v) is 8.06. The summed E-state index contributed by atoms with van der Waals surface area (Å²) in [6.45, 7) is -3.05. The molecule has 1 atom stereocenters. The molecule has 2 amide bonds. The number of hydrogen-bond donors (Lipinski definition) is 1. The summed E-state index contributed by atoms with van der Waals surface area (Å²) in [5.41, 5.74) is -8.25. The van der Waals surface area contributed by atoms with Gasteiger partial charge in [-0.3, -0.25) is 4.79 Å². The summed E-state index contributed by atoms with van der Waals surface area (Å²) in [6.07, 6.45) is -12.9. The smallest absolute Gasteiger partial charge is 0.430 e. The normalized spacial score (nSPS) is 19.2. The molecular formula is C31H25F9N2O6S. The van der Waals surface area contributed by atoms with E-state index in [1.165, 1.54) is 0 Å². The van der Waals surface area contributed by atoms with Gasteiger partial charge in [0.15, 0.2) is 9.84 Å². The number of rotatable bonds is 8. The molecule has 8 nitrogen and oxygen atoms in total. The Morgan fingerprint density at radius 1 is 0.837 bits per heavy atom. The van der Waals surface area contributed by atoms with Gasteiger partial charge in [0.05, 0.1) is 17.4 Å². The van der Waals surface area contributed by atoms with Crippen LogP contribution in [-0.4, -0.2) is 73.9 Å². The molecule has 0 radical (unpaired) electrons. The monoisotopic (exact) mass is 724 g/mol. The molecule has 3 aromatic carbocycles. The highest BCUT2D eigenvalue weighted by Gasteiger charge is 2.73. The summed E-state index contributed by atoms with van der Waals surface area (Å²) in [6, 6.07) is 6.82. The van der Waals surface area contributed by atoms with Gasteiger partial charge >= 0.3 is 24.4 Å². The highest BCUT2D eigenvalue weighted by Crippen LogP contribution is 2.54. The largest absolute Gasteiger partial charge is 0.481 e. The Kier molecular flexibility index (Phi) is 9.20. The van der Waals surface area contributed by atoms with Crippen LogP contribution in [0.15, 0.2) is 71.6 Å². The summed E-state index contributed by atoms with van der Waals surface area (Å²) in [5, 5.41) is 9.14. The molecule has 2 heterocycles. The van der Waals surface area contributed by atoms with E-state index >= 15 is 0 Å². The highest BCUT2D eigenvalue weighted by atomic mass is 32.2. The number of carboxylic acids is 1. The molecule has 5 rings (SSSR count). The number of ether oxygens (including phenoxy) is 1. The van der Waals surface area contributed by atoms with Crippen LogP contribution < -0.4 is 0 Å².